The number of phenolic OH excluding ortho intramolecular Hbond substituents is 2. The van der Waals surface area contributed by atoms with Gasteiger partial charge in [0.2, 0.25) is 0 Å². The summed E-state index contributed by atoms with van der Waals surface area (Å²) in [7, 11) is 1.57. The lowest BCUT2D eigenvalue weighted by molar-refractivity contribution is 0.414. The van der Waals surface area contributed by atoms with Gasteiger partial charge in [0.1, 0.15) is 17.2 Å². The Morgan fingerprint density at radius 1 is 0.958 bits per heavy atom. The van der Waals surface area contributed by atoms with E-state index < -0.39 is 0 Å². The van der Waals surface area contributed by atoms with Gasteiger partial charge in [-0.2, -0.15) is 10.5 Å². The number of hydrogen-bond acceptors (Lipinski definition) is 5. The number of allylic oxidation sites excluding steroid dienone is 2. The number of benzene rings is 2. The lowest BCUT2D eigenvalue weighted by atomic mass is 9.96. The molecule has 2 aromatic rings. The van der Waals surface area contributed by atoms with Crippen LogP contribution in [0.2, 0.25) is 0 Å². The molecule has 0 heterocycles. The molecule has 0 aromatic heterocycles. The number of aromatic hydroxyl groups is 2. The highest BCUT2D eigenvalue weighted by Gasteiger charge is 2.12. The zero-order valence-corrected chi connectivity index (χ0v) is 13.2. The van der Waals surface area contributed by atoms with Crippen LogP contribution in [0, 0.1) is 22.7 Å². The minimum absolute atomic E-state index is 0.00579. The molecular weight excluding hydrogens is 304 g/mol. The molecule has 0 saturated heterocycles. The Labute approximate surface area is 140 Å². The number of methoxy groups -OCH3 is 1. The van der Waals surface area contributed by atoms with Crippen LogP contribution in [0.25, 0.3) is 0 Å². The number of hydrogen-bond donors (Lipinski definition) is 2. The Morgan fingerprint density at radius 3 is 2.17 bits per heavy atom. The number of nitriles is 2. The summed E-state index contributed by atoms with van der Waals surface area (Å²) in [6, 6.07) is 15.4. The molecule has 24 heavy (non-hydrogen) atoms. The molecule has 2 rings (SSSR count). The summed E-state index contributed by atoms with van der Waals surface area (Å²) in [5, 5.41) is 38.1. The van der Waals surface area contributed by atoms with E-state index in [0.717, 1.165) is 5.56 Å². The molecule has 0 spiro atoms. The lowest BCUT2D eigenvalue weighted by Crippen LogP contribution is -1.98. The van der Waals surface area contributed by atoms with Crippen molar-refractivity contribution >= 4 is 0 Å². The molecule has 0 unspecified atom stereocenters. The molecule has 0 aliphatic heterocycles. The van der Waals surface area contributed by atoms with Crippen LogP contribution in [0.4, 0.5) is 0 Å². The zero-order valence-electron chi connectivity index (χ0n) is 13.2. The van der Waals surface area contributed by atoms with Gasteiger partial charge in [0, 0.05) is 29.6 Å². The van der Waals surface area contributed by atoms with Crippen molar-refractivity contribution in [3.8, 4) is 29.4 Å². The maximum atomic E-state index is 9.84. The smallest absolute Gasteiger partial charge is 0.119 e. The van der Waals surface area contributed by atoms with Crippen LogP contribution in [0.15, 0.2) is 53.6 Å². The molecule has 5 nitrogen and oxygen atoms in total. The van der Waals surface area contributed by atoms with Crippen LogP contribution in [-0.4, -0.2) is 17.3 Å². The van der Waals surface area contributed by atoms with E-state index in [0.29, 0.717) is 23.3 Å². The van der Waals surface area contributed by atoms with Crippen LogP contribution in [-0.2, 0) is 12.8 Å². The maximum absolute atomic E-state index is 9.84. The van der Waals surface area contributed by atoms with E-state index in [4.69, 9.17) is 4.74 Å². The van der Waals surface area contributed by atoms with Crippen molar-refractivity contribution in [2.45, 2.75) is 12.8 Å². The Kier molecular flexibility index (Phi) is 5.44. The molecule has 0 aliphatic rings. The monoisotopic (exact) mass is 320 g/mol. The van der Waals surface area contributed by atoms with Crippen molar-refractivity contribution in [2.24, 2.45) is 0 Å². The summed E-state index contributed by atoms with van der Waals surface area (Å²) in [4.78, 5) is 0. The molecule has 0 amide bonds. The molecular formula is C19H16N2O3. The second-order valence-corrected chi connectivity index (χ2v) is 5.20. The Bertz CT molecular complexity index is 840. The van der Waals surface area contributed by atoms with E-state index in [1.165, 1.54) is 18.2 Å². The van der Waals surface area contributed by atoms with Gasteiger partial charge < -0.3 is 14.9 Å². The molecule has 0 saturated carbocycles. The van der Waals surface area contributed by atoms with E-state index in [9.17, 15) is 20.7 Å². The highest BCUT2D eigenvalue weighted by atomic mass is 16.5. The van der Waals surface area contributed by atoms with Gasteiger partial charge in [-0.3, -0.25) is 0 Å². The van der Waals surface area contributed by atoms with Gasteiger partial charge in [-0.1, -0.05) is 12.1 Å². The van der Waals surface area contributed by atoms with Crippen molar-refractivity contribution < 1.29 is 14.9 Å². The molecule has 2 aromatic carbocycles. The number of rotatable bonds is 5. The van der Waals surface area contributed by atoms with Gasteiger partial charge in [0.25, 0.3) is 0 Å². The second-order valence-electron chi connectivity index (χ2n) is 5.20. The summed E-state index contributed by atoms with van der Waals surface area (Å²) in [6.07, 6.45) is 0.388. The minimum Gasteiger partial charge on any atom is -0.508 e. The van der Waals surface area contributed by atoms with E-state index in [-0.39, 0.29) is 23.5 Å². The van der Waals surface area contributed by atoms with Crippen molar-refractivity contribution in [1.29, 1.82) is 10.5 Å². The van der Waals surface area contributed by atoms with Gasteiger partial charge in [-0.05, 0) is 35.9 Å². The molecule has 0 fully saturated rings. The van der Waals surface area contributed by atoms with E-state index >= 15 is 0 Å². The van der Waals surface area contributed by atoms with Crippen LogP contribution in [0.3, 0.4) is 0 Å². The second kappa shape index (κ2) is 7.71. The molecule has 5 heteroatoms. The fraction of sp³-hybridized carbons (Fsp3) is 0.158. The lowest BCUT2D eigenvalue weighted by Gasteiger charge is -2.07. The fourth-order valence-corrected chi connectivity index (χ4v) is 2.28. The van der Waals surface area contributed by atoms with E-state index in [1.54, 1.807) is 19.2 Å². The minimum atomic E-state index is -0.0257. The van der Waals surface area contributed by atoms with Crippen LogP contribution >= 0.6 is 0 Å². The summed E-state index contributed by atoms with van der Waals surface area (Å²) < 4.78 is 5.09. The topological polar surface area (TPSA) is 97.3 Å². The normalized spacial score (nSPS) is 11.1. The van der Waals surface area contributed by atoms with Gasteiger partial charge in [0.15, 0.2) is 0 Å². The maximum Gasteiger partial charge on any atom is 0.119 e. The van der Waals surface area contributed by atoms with Gasteiger partial charge in [-0.15, -0.1) is 0 Å². The summed E-state index contributed by atoms with van der Waals surface area (Å²) in [5.41, 5.74) is 1.86. The molecule has 0 bridgehead atoms. The number of phenols is 2. The third-order valence-corrected chi connectivity index (χ3v) is 3.60. The van der Waals surface area contributed by atoms with Gasteiger partial charge >= 0.3 is 0 Å². The summed E-state index contributed by atoms with van der Waals surface area (Å²) >= 11 is 0. The third kappa shape index (κ3) is 4.06. The van der Waals surface area contributed by atoms with Gasteiger partial charge in [-0.25, -0.2) is 0 Å². The zero-order chi connectivity index (χ0) is 17.5. The molecule has 120 valence electrons. The Morgan fingerprint density at radius 2 is 1.58 bits per heavy atom. The van der Waals surface area contributed by atoms with Crippen molar-refractivity contribution in [2.75, 3.05) is 7.11 Å². The average molecular weight is 320 g/mol. The first-order valence-electron chi connectivity index (χ1n) is 7.23. The van der Waals surface area contributed by atoms with Crippen molar-refractivity contribution in [3.05, 3.63) is 64.7 Å². The SMILES string of the molecule is COc1ccc(CC(C#N)=C(C#N)Cc2cc(O)ccc2O)cc1. The molecule has 0 aliphatic carbocycles. The predicted molar refractivity (Wildman–Crippen MR) is 88.4 cm³/mol. The van der Waals surface area contributed by atoms with Crippen LogP contribution in [0.5, 0.6) is 17.2 Å². The van der Waals surface area contributed by atoms with Crippen molar-refractivity contribution in [3.63, 3.8) is 0 Å². The number of nitrogens with zero attached hydrogens (tertiary/aromatic N) is 2. The van der Waals surface area contributed by atoms with Crippen molar-refractivity contribution in [1.82, 2.24) is 0 Å². The first kappa shape index (κ1) is 16.9. The van der Waals surface area contributed by atoms with E-state index in [2.05, 4.69) is 6.07 Å². The standard InChI is InChI=1S/C19H16N2O3/c1-24-18-5-2-13(3-6-18)8-15(11-20)16(12-21)9-14-10-17(22)4-7-19(14)23/h2-7,10,22-23H,8-9H2,1H3. The van der Waals surface area contributed by atoms with Gasteiger partial charge in [0.05, 0.1) is 19.2 Å². The predicted octanol–water partition coefficient (Wildman–Crippen LogP) is 3.24. The average Bonchev–Trinajstić information content (AvgIpc) is 2.61. The third-order valence-electron chi connectivity index (χ3n) is 3.60. The Balaban J connectivity index is 2.30. The highest BCUT2D eigenvalue weighted by Crippen LogP contribution is 2.26. The molecule has 2 N–H and O–H groups in total. The molecule has 0 atom stereocenters. The highest BCUT2D eigenvalue weighted by molar-refractivity contribution is 5.47. The largest absolute Gasteiger partial charge is 0.508 e. The summed E-state index contributed by atoms with van der Waals surface area (Å²) in [6.45, 7) is 0. The fourth-order valence-electron chi connectivity index (χ4n) is 2.28. The quantitative estimate of drug-likeness (QED) is 0.651. The van der Waals surface area contributed by atoms with Crippen LogP contribution in [0.1, 0.15) is 11.1 Å². The summed E-state index contributed by atoms with van der Waals surface area (Å²) in [5.74, 6) is 0.683. The van der Waals surface area contributed by atoms with E-state index in [1.807, 2.05) is 18.2 Å². The Hall–Kier alpha value is -3.44. The first-order valence-corrected chi connectivity index (χ1v) is 7.23. The first-order chi connectivity index (χ1) is 11.6. The number of ether oxygens (including phenoxy) is 1. The molecule has 0 radical (unpaired) electrons. The van der Waals surface area contributed by atoms with Crippen LogP contribution < -0.4 is 4.74 Å².